The molecule has 2 rings (SSSR count). The minimum Gasteiger partial charge on any atom is -0.528 e. The third-order valence-electron chi connectivity index (χ3n) is 2.42. The fourth-order valence-corrected chi connectivity index (χ4v) is 1.43. The molecule has 110 valence electrons. The van der Waals surface area contributed by atoms with E-state index < -0.39 is 42.5 Å². The number of hydrogen-bond donors (Lipinski definition) is 2. The second kappa shape index (κ2) is 5.82. The molecule has 4 nitrogen and oxygen atoms in total. The SMILES string of the molecule is Oc1cc(OBOc2cc(O)c(F)c(F)c2)cc(F)c1F. The van der Waals surface area contributed by atoms with Gasteiger partial charge in [-0.3, -0.25) is 0 Å². The van der Waals surface area contributed by atoms with Crippen molar-refractivity contribution in [1.29, 1.82) is 0 Å². The Bertz CT molecular complexity index is 577. The van der Waals surface area contributed by atoms with E-state index in [2.05, 4.69) is 0 Å². The first kappa shape index (κ1) is 14.8. The van der Waals surface area contributed by atoms with Crippen LogP contribution in [0.3, 0.4) is 0 Å². The van der Waals surface area contributed by atoms with E-state index in [4.69, 9.17) is 19.5 Å². The molecular weight excluding hydrogens is 295 g/mol. The third-order valence-corrected chi connectivity index (χ3v) is 2.42. The predicted molar refractivity (Wildman–Crippen MR) is 64.5 cm³/mol. The number of hydrogen-bond acceptors (Lipinski definition) is 4. The van der Waals surface area contributed by atoms with Crippen molar-refractivity contribution < 1.29 is 37.1 Å². The van der Waals surface area contributed by atoms with Crippen molar-refractivity contribution in [2.45, 2.75) is 0 Å². The van der Waals surface area contributed by atoms with Crippen LogP contribution in [0.4, 0.5) is 17.6 Å². The second-order valence-corrected chi connectivity index (χ2v) is 3.88. The van der Waals surface area contributed by atoms with Crippen molar-refractivity contribution in [2.75, 3.05) is 0 Å². The summed E-state index contributed by atoms with van der Waals surface area (Å²) in [5.74, 6) is -7.86. The Kier molecular flexibility index (Phi) is 4.11. The Hall–Kier alpha value is -2.58. The van der Waals surface area contributed by atoms with Crippen LogP contribution in [0.1, 0.15) is 0 Å². The molecular formula is C12H7BF4O4. The van der Waals surface area contributed by atoms with Crippen LogP contribution >= 0.6 is 0 Å². The zero-order valence-corrected chi connectivity index (χ0v) is 10.2. The molecule has 0 fully saturated rings. The molecule has 0 spiro atoms. The lowest BCUT2D eigenvalue weighted by atomic mass is 10.2. The molecule has 0 bridgehead atoms. The van der Waals surface area contributed by atoms with Crippen LogP contribution in [0.5, 0.6) is 23.0 Å². The van der Waals surface area contributed by atoms with Gasteiger partial charge in [-0.05, 0) is 0 Å². The first-order chi connectivity index (χ1) is 9.88. The summed E-state index contributed by atoms with van der Waals surface area (Å²) in [5.41, 5.74) is 0. The molecule has 9 heteroatoms. The van der Waals surface area contributed by atoms with Crippen LogP contribution in [0.2, 0.25) is 0 Å². The monoisotopic (exact) mass is 302 g/mol. The number of rotatable bonds is 4. The second-order valence-electron chi connectivity index (χ2n) is 3.88. The predicted octanol–water partition coefficient (Wildman–Crippen LogP) is 2.38. The van der Waals surface area contributed by atoms with E-state index in [1.54, 1.807) is 0 Å². The van der Waals surface area contributed by atoms with E-state index in [-0.39, 0.29) is 11.5 Å². The fourth-order valence-electron chi connectivity index (χ4n) is 1.43. The van der Waals surface area contributed by atoms with Gasteiger partial charge in [0, 0.05) is 24.3 Å². The molecule has 0 aliphatic heterocycles. The lowest BCUT2D eigenvalue weighted by molar-refractivity contribution is 0.391. The maximum atomic E-state index is 13.0. The standard InChI is InChI=1S/C12H7BF4O4/c14-7-1-5(3-9(18)11(7)16)20-13-21-6-2-8(15)12(17)10(19)4-6/h1-4,13,18-19H. The van der Waals surface area contributed by atoms with Gasteiger partial charge in [-0.25, -0.2) is 8.78 Å². The zero-order valence-electron chi connectivity index (χ0n) is 10.2. The van der Waals surface area contributed by atoms with Gasteiger partial charge in [-0.1, -0.05) is 0 Å². The molecule has 2 N–H and O–H groups in total. The van der Waals surface area contributed by atoms with Crippen LogP contribution in [0.15, 0.2) is 24.3 Å². The van der Waals surface area contributed by atoms with Gasteiger partial charge >= 0.3 is 7.69 Å². The molecule has 21 heavy (non-hydrogen) atoms. The molecule has 0 saturated heterocycles. The van der Waals surface area contributed by atoms with Crippen molar-refractivity contribution in [3.8, 4) is 23.0 Å². The highest BCUT2D eigenvalue weighted by molar-refractivity contribution is 6.20. The molecule has 2 aromatic carbocycles. The average molecular weight is 302 g/mol. The average Bonchev–Trinajstić information content (AvgIpc) is 2.42. The van der Waals surface area contributed by atoms with E-state index in [1.165, 1.54) is 0 Å². The summed E-state index contributed by atoms with van der Waals surface area (Å²) in [5, 5.41) is 18.1. The summed E-state index contributed by atoms with van der Waals surface area (Å²) in [6.45, 7) is 0. The van der Waals surface area contributed by atoms with Gasteiger partial charge in [-0.15, -0.1) is 0 Å². The highest BCUT2D eigenvalue weighted by atomic mass is 19.2. The Balaban J connectivity index is 2.02. The van der Waals surface area contributed by atoms with E-state index in [9.17, 15) is 17.6 Å². The zero-order chi connectivity index (χ0) is 15.6. The lowest BCUT2D eigenvalue weighted by Gasteiger charge is -2.09. The number of aromatic hydroxyl groups is 2. The number of phenolic OH excluding ortho intramolecular Hbond substituents is 2. The highest BCUT2D eigenvalue weighted by Gasteiger charge is 2.13. The van der Waals surface area contributed by atoms with Gasteiger partial charge in [-0.2, -0.15) is 8.78 Å². The van der Waals surface area contributed by atoms with Gasteiger partial charge in [0.25, 0.3) is 0 Å². The van der Waals surface area contributed by atoms with Crippen LogP contribution < -0.4 is 9.31 Å². The highest BCUT2D eigenvalue weighted by Crippen LogP contribution is 2.27. The summed E-state index contributed by atoms with van der Waals surface area (Å²) in [7, 11) is -0.574. The molecule has 0 saturated carbocycles. The van der Waals surface area contributed by atoms with E-state index in [0.29, 0.717) is 12.1 Å². The van der Waals surface area contributed by atoms with E-state index in [0.717, 1.165) is 12.1 Å². The molecule has 0 aliphatic rings. The van der Waals surface area contributed by atoms with Crippen LogP contribution in [0.25, 0.3) is 0 Å². The molecule has 0 heterocycles. The van der Waals surface area contributed by atoms with Crippen molar-refractivity contribution >= 4 is 7.69 Å². The van der Waals surface area contributed by atoms with Crippen LogP contribution in [0, 0.1) is 23.3 Å². The minimum atomic E-state index is -1.42. The van der Waals surface area contributed by atoms with Gasteiger partial charge in [0.1, 0.15) is 11.5 Å². The number of phenols is 2. The maximum Gasteiger partial charge on any atom is 0.576 e. The Labute approximate surface area is 116 Å². The Morgan fingerprint density at radius 3 is 1.43 bits per heavy atom. The summed E-state index contributed by atoms with van der Waals surface area (Å²) in [4.78, 5) is 0. The number of benzene rings is 2. The summed E-state index contributed by atoms with van der Waals surface area (Å²) in [6.07, 6.45) is 0. The van der Waals surface area contributed by atoms with E-state index >= 15 is 0 Å². The van der Waals surface area contributed by atoms with Crippen LogP contribution in [-0.4, -0.2) is 17.9 Å². The Morgan fingerprint density at radius 1 is 0.714 bits per heavy atom. The lowest BCUT2D eigenvalue weighted by Crippen LogP contribution is -2.11. The molecule has 0 atom stereocenters. The molecule has 0 aliphatic carbocycles. The van der Waals surface area contributed by atoms with E-state index in [1.807, 2.05) is 0 Å². The molecule has 0 radical (unpaired) electrons. The van der Waals surface area contributed by atoms with Gasteiger partial charge in [0.05, 0.1) is 0 Å². The normalized spacial score (nSPS) is 10.3. The van der Waals surface area contributed by atoms with Crippen molar-refractivity contribution in [2.24, 2.45) is 0 Å². The number of halogens is 4. The molecule has 0 aromatic heterocycles. The van der Waals surface area contributed by atoms with Gasteiger partial charge < -0.3 is 19.5 Å². The minimum absolute atomic E-state index is 0.238. The topological polar surface area (TPSA) is 58.9 Å². The third kappa shape index (κ3) is 3.30. The fraction of sp³-hybridized carbons (Fsp3) is 0. The summed E-state index contributed by atoms with van der Waals surface area (Å²) < 4.78 is 61.2. The summed E-state index contributed by atoms with van der Waals surface area (Å²) in [6, 6.07) is 2.96. The van der Waals surface area contributed by atoms with Gasteiger partial charge in [0.15, 0.2) is 23.1 Å². The summed E-state index contributed by atoms with van der Waals surface area (Å²) >= 11 is 0. The van der Waals surface area contributed by atoms with Crippen LogP contribution in [-0.2, 0) is 0 Å². The first-order valence-electron chi connectivity index (χ1n) is 5.50. The van der Waals surface area contributed by atoms with Crippen molar-refractivity contribution in [1.82, 2.24) is 0 Å². The molecule has 0 unspecified atom stereocenters. The molecule has 2 aromatic rings. The van der Waals surface area contributed by atoms with Gasteiger partial charge in [0.2, 0.25) is 11.6 Å². The quantitative estimate of drug-likeness (QED) is 0.672. The smallest absolute Gasteiger partial charge is 0.528 e. The van der Waals surface area contributed by atoms with Crippen molar-refractivity contribution in [3.63, 3.8) is 0 Å². The van der Waals surface area contributed by atoms with Crippen molar-refractivity contribution in [3.05, 3.63) is 47.5 Å². The molecule has 0 amide bonds. The first-order valence-corrected chi connectivity index (χ1v) is 5.50. The largest absolute Gasteiger partial charge is 0.576 e. The maximum absolute atomic E-state index is 13.0. The Morgan fingerprint density at radius 2 is 1.10 bits per heavy atom.